The van der Waals surface area contributed by atoms with Gasteiger partial charge in [-0.1, -0.05) is 84.9 Å². The van der Waals surface area contributed by atoms with Gasteiger partial charge in [0.2, 0.25) is 0 Å². The molecule has 42 heavy (non-hydrogen) atoms. The molecular formula is C38H38O4. The van der Waals surface area contributed by atoms with Crippen LogP contribution in [-0.2, 0) is 9.47 Å². The maximum Gasteiger partial charge on any atom is 0.127 e. The van der Waals surface area contributed by atoms with Gasteiger partial charge < -0.3 is 18.9 Å². The normalized spacial score (nSPS) is 11.5. The van der Waals surface area contributed by atoms with Crippen LogP contribution in [-0.4, -0.2) is 26.4 Å². The molecule has 0 atom stereocenters. The Balaban J connectivity index is 1.69. The summed E-state index contributed by atoms with van der Waals surface area (Å²) in [6, 6.07) is 30.1. The fourth-order valence-corrected chi connectivity index (χ4v) is 5.35. The van der Waals surface area contributed by atoms with Crippen molar-refractivity contribution in [2.24, 2.45) is 0 Å². The van der Waals surface area contributed by atoms with Gasteiger partial charge in [0, 0.05) is 22.3 Å². The molecule has 0 aliphatic rings. The number of benzene rings is 5. The standard InChI is InChI=1S/C38H38O4/c1-5-19-39-21-23-41-35-25-27(3)15-17-33(35)37-29-11-7-9-13-31(29)38(32-14-10-8-12-30(32)37)34-18-16-28(4)26-36(34)42-24-22-40-20-6-2/h5-20,25-26H,21-24H2,1-4H3. The minimum absolute atomic E-state index is 0.455. The topological polar surface area (TPSA) is 36.9 Å². The first-order chi connectivity index (χ1) is 20.6. The Morgan fingerprint density at radius 2 is 0.881 bits per heavy atom. The lowest BCUT2D eigenvalue weighted by Crippen LogP contribution is -2.06. The van der Waals surface area contributed by atoms with Crippen LogP contribution < -0.4 is 9.47 Å². The number of rotatable bonds is 12. The van der Waals surface area contributed by atoms with Gasteiger partial charge in [0.25, 0.3) is 0 Å². The number of ether oxygens (including phenoxy) is 4. The highest BCUT2D eigenvalue weighted by Gasteiger charge is 2.21. The van der Waals surface area contributed by atoms with Gasteiger partial charge >= 0.3 is 0 Å². The second-order valence-electron chi connectivity index (χ2n) is 10.2. The summed E-state index contributed by atoms with van der Waals surface area (Å²) in [5, 5.41) is 4.64. The smallest absolute Gasteiger partial charge is 0.127 e. The number of hydrogen-bond acceptors (Lipinski definition) is 4. The fourth-order valence-electron chi connectivity index (χ4n) is 5.35. The summed E-state index contributed by atoms with van der Waals surface area (Å²) in [4.78, 5) is 0. The highest BCUT2D eigenvalue weighted by molar-refractivity contribution is 6.22. The van der Waals surface area contributed by atoms with Crippen LogP contribution in [0.5, 0.6) is 11.5 Å². The molecule has 5 aromatic rings. The number of allylic oxidation sites excluding steroid dienone is 2. The predicted molar refractivity (Wildman–Crippen MR) is 174 cm³/mol. The number of fused-ring (bicyclic) bond motifs is 2. The van der Waals surface area contributed by atoms with Crippen molar-refractivity contribution in [1.82, 2.24) is 0 Å². The average molecular weight is 559 g/mol. The lowest BCUT2D eigenvalue weighted by molar-refractivity contribution is 0.179. The molecule has 0 N–H and O–H groups in total. The Morgan fingerprint density at radius 1 is 0.500 bits per heavy atom. The molecule has 0 heterocycles. The molecule has 0 aliphatic heterocycles. The summed E-state index contributed by atoms with van der Waals surface area (Å²) in [7, 11) is 0. The van der Waals surface area contributed by atoms with Crippen LogP contribution in [0.4, 0.5) is 0 Å². The predicted octanol–water partition coefficient (Wildman–Crippen LogP) is 9.80. The van der Waals surface area contributed by atoms with Crippen LogP contribution in [0.2, 0.25) is 0 Å². The number of hydrogen-bond donors (Lipinski definition) is 0. The summed E-state index contributed by atoms with van der Waals surface area (Å²) in [5.74, 6) is 1.70. The van der Waals surface area contributed by atoms with E-state index < -0.39 is 0 Å². The van der Waals surface area contributed by atoms with E-state index in [1.165, 1.54) is 0 Å². The third-order valence-corrected chi connectivity index (χ3v) is 7.13. The minimum atomic E-state index is 0.455. The lowest BCUT2D eigenvalue weighted by atomic mass is 9.85. The maximum absolute atomic E-state index is 6.34. The molecular weight excluding hydrogens is 520 g/mol. The largest absolute Gasteiger partial charge is 0.498 e. The summed E-state index contributed by atoms with van der Waals surface area (Å²) in [5.41, 5.74) is 6.73. The first-order valence-corrected chi connectivity index (χ1v) is 14.5. The second-order valence-corrected chi connectivity index (χ2v) is 10.2. The Hall–Kier alpha value is -4.70. The van der Waals surface area contributed by atoms with Crippen LogP contribution in [0.25, 0.3) is 43.8 Å². The van der Waals surface area contributed by atoms with E-state index in [2.05, 4.69) is 98.8 Å². The molecule has 4 heteroatoms. The van der Waals surface area contributed by atoms with Crippen LogP contribution in [0, 0.1) is 13.8 Å². The van der Waals surface area contributed by atoms with E-state index >= 15 is 0 Å². The molecule has 0 amide bonds. The molecule has 214 valence electrons. The Labute approximate surface area is 248 Å². The Kier molecular flexibility index (Phi) is 9.45. The van der Waals surface area contributed by atoms with E-state index in [-0.39, 0.29) is 0 Å². The SMILES string of the molecule is CC=COCCOc1cc(C)ccc1-c1c2ccccc2c(-c2ccc(C)cc2OCCOC=CC)c2ccccc12. The third-order valence-electron chi connectivity index (χ3n) is 7.13. The molecule has 0 spiro atoms. The van der Waals surface area contributed by atoms with E-state index in [0.717, 1.165) is 66.4 Å². The molecule has 0 radical (unpaired) electrons. The molecule has 0 saturated heterocycles. The van der Waals surface area contributed by atoms with Crippen molar-refractivity contribution in [3.8, 4) is 33.8 Å². The van der Waals surface area contributed by atoms with E-state index in [1.807, 2.05) is 26.0 Å². The Morgan fingerprint density at radius 3 is 1.24 bits per heavy atom. The van der Waals surface area contributed by atoms with Gasteiger partial charge in [0.15, 0.2) is 0 Å². The van der Waals surface area contributed by atoms with Crippen molar-refractivity contribution in [3.63, 3.8) is 0 Å². The zero-order valence-electron chi connectivity index (χ0n) is 24.9. The maximum atomic E-state index is 6.34. The van der Waals surface area contributed by atoms with Crippen molar-refractivity contribution in [3.05, 3.63) is 121 Å². The summed E-state index contributed by atoms with van der Waals surface area (Å²) in [6.45, 7) is 9.92. The van der Waals surface area contributed by atoms with E-state index in [1.54, 1.807) is 12.5 Å². The van der Waals surface area contributed by atoms with Crippen LogP contribution >= 0.6 is 0 Å². The van der Waals surface area contributed by atoms with Crippen molar-refractivity contribution in [2.75, 3.05) is 26.4 Å². The number of aryl methyl sites for hydroxylation is 2. The van der Waals surface area contributed by atoms with E-state index in [0.29, 0.717) is 26.4 Å². The first kappa shape index (κ1) is 28.8. The molecule has 0 aromatic heterocycles. The van der Waals surface area contributed by atoms with Gasteiger partial charge in [-0.15, -0.1) is 0 Å². The average Bonchev–Trinajstić information content (AvgIpc) is 3.00. The van der Waals surface area contributed by atoms with Crippen LogP contribution in [0.1, 0.15) is 25.0 Å². The quantitative estimate of drug-likeness (QED) is 0.0867. The lowest BCUT2D eigenvalue weighted by Gasteiger charge is -2.21. The molecule has 0 saturated carbocycles. The summed E-state index contributed by atoms with van der Waals surface area (Å²) >= 11 is 0. The monoisotopic (exact) mass is 558 g/mol. The fraction of sp³-hybridized carbons (Fsp3) is 0.211. The van der Waals surface area contributed by atoms with Gasteiger partial charge in [0.05, 0.1) is 12.5 Å². The molecule has 0 bridgehead atoms. The zero-order valence-corrected chi connectivity index (χ0v) is 24.9. The van der Waals surface area contributed by atoms with Gasteiger partial charge in [-0.25, -0.2) is 0 Å². The van der Waals surface area contributed by atoms with Gasteiger partial charge in [-0.2, -0.15) is 0 Å². The van der Waals surface area contributed by atoms with Gasteiger partial charge in [0.1, 0.15) is 37.9 Å². The summed E-state index contributed by atoms with van der Waals surface area (Å²) < 4.78 is 23.7. The van der Waals surface area contributed by atoms with Crippen LogP contribution in [0.15, 0.2) is 110 Å². The molecule has 5 aromatic carbocycles. The van der Waals surface area contributed by atoms with Crippen molar-refractivity contribution in [2.45, 2.75) is 27.7 Å². The molecule has 0 unspecified atom stereocenters. The van der Waals surface area contributed by atoms with E-state index in [9.17, 15) is 0 Å². The third kappa shape index (κ3) is 6.28. The molecule has 5 rings (SSSR count). The zero-order chi connectivity index (χ0) is 29.3. The molecule has 0 fully saturated rings. The van der Waals surface area contributed by atoms with Crippen molar-refractivity contribution < 1.29 is 18.9 Å². The summed E-state index contributed by atoms with van der Waals surface area (Å²) in [6.07, 6.45) is 7.14. The first-order valence-electron chi connectivity index (χ1n) is 14.5. The minimum Gasteiger partial charge on any atom is -0.498 e. The van der Waals surface area contributed by atoms with Crippen molar-refractivity contribution >= 4 is 21.5 Å². The van der Waals surface area contributed by atoms with Crippen molar-refractivity contribution in [1.29, 1.82) is 0 Å². The second kappa shape index (κ2) is 13.8. The van der Waals surface area contributed by atoms with E-state index in [4.69, 9.17) is 18.9 Å². The molecule has 4 nitrogen and oxygen atoms in total. The Bertz CT molecular complexity index is 1550. The van der Waals surface area contributed by atoms with Gasteiger partial charge in [-0.3, -0.25) is 0 Å². The highest BCUT2D eigenvalue weighted by atomic mass is 16.5. The highest BCUT2D eigenvalue weighted by Crippen LogP contribution is 2.47. The molecule has 0 aliphatic carbocycles. The van der Waals surface area contributed by atoms with Crippen LogP contribution in [0.3, 0.4) is 0 Å². The van der Waals surface area contributed by atoms with Gasteiger partial charge in [-0.05, 0) is 72.5 Å².